The van der Waals surface area contributed by atoms with Crippen LogP contribution in [0.4, 0.5) is 0 Å². The van der Waals surface area contributed by atoms with Crippen molar-refractivity contribution in [2.45, 2.75) is 59.6 Å². The normalized spacial score (nSPS) is 22.3. The Morgan fingerprint density at radius 2 is 2.18 bits per heavy atom. The van der Waals surface area contributed by atoms with Crippen molar-refractivity contribution in [3.8, 4) is 0 Å². The van der Waals surface area contributed by atoms with Crippen molar-refractivity contribution < 1.29 is 5.11 Å². The lowest BCUT2D eigenvalue weighted by Gasteiger charge is -2.29. The fraction of sp³-hybridized carbons (Fsp3) is 0.733. The van der Waals surface area contributed by atoms with Crippen LogP contribution in [0.2, 0.25) is 0 Å². The zero-order chi connectivity index (χ0) is 12.6. The van der Waals surface area contributed by atoms with Crippen LogP contribution in [0.1, 0.15) is 57.9 Å². The third kappa shape index (κ3) is 2.57. The molecule has 0 amide bonds. The van der Waals surface area contributed by atoms with Crippen LogP contribution in [-0.2, 0) is 13.0 Å². The summed E-state index contributed by atoms with van der Waals surface area (Å²) in [6.45, 7) is 10.3. The van der Waals surface area contributed by atoms with Crippen LogP contribution in [0.15, 0.2) is 12.3 Å². The van der Waals surface area contributed by atoms with E-state index in [-0.39, 0.29) is 6.10 Å². The molecule has 1 heterocycles. The van der Waals surface area contributed by atoms with E-state index in [4.69, 9.17) is 0 Å². The van der Waals surface area contributed by atoms with E-state index in [0.29, 0.717) is 11.3 Å². The highest BCUT2D eigenvalue weighted by molar-refractivity contribution is 5.27. The summed E-state index contributed by atoms with van der Waals surface area (Å²) < 4.78 is 2.35. The molecule has 17 heavy (non-hydrogen) atoms. The molecule has 2 nitrogen and oxygen atoms in total. The topological polar surface area (TPSA) is 25.2 Å². The van der Waals surface area contributed by atoms with E-state index < -0.39 is 0 Å². The van der Waals surface area contributed by atoms with Gasteiger partial charge in [0.15, 0.2) is 0 Å². The molecule has 2 heteroatoms. The number of aliphatic hydroxyl groups is 1. The maximum absolute atomic E-state index is 9.96. The minimum Gasteiger partial charge on any atom is -0.388 e. The van der Waals surface area contributed by atoms with Gasteiger partial charge in [-0.2, -0.15) is 0 Å². The van der Waals surface area contributed by atoms with Crippen LogP contribution in [-0.4, -0.2) is 9.67 Å². The average Bonchev–Trinajstić information content (AvgIpc) is 2.62. The van der Waals surface area contributed by atoms with Crippen molar-refractivity contribution in [2.75, 3.05) is 0 Å². The van der Waals surface area contributed by atoms with E-state index in [1.165, 1.54) is 5.69 Å². The van der Waals surface area contributed by atoms with Gasteiger partial charge in [0, 0.05) is 24.0 Å². The average molecular weight is 235 g/mol. The zero-order valence-electron chi connectivity index (χ0n) is 11.5. The van der Waals surface area contributed by atoms with Crippen LogP contribution in [0.5, 0.6) is 0 Å². The van der Waals surface area contributed by atoms with Gasteiger partial charge in [-0.05, 0) is 36.7 Å². The molecule has 0 saturated heterocycles. The zero-order valence-corrected chi connectivity index (χ0v) is 11.5. The van der Waals surface area contributed by atoms with Gasteiger partial charge in [-0.1, -0.05) is 27.7 Å². The molecule has 2 unspecified atom stereocenters. The Bertz CT molecular complexity index is 386. The number of hydrogen-bond acceptors (Lipinski definition) is 1. The smallest absolute Gasteiger partial charge is 0.0807 e. The molecule has 0 fully saturated rings. The molecule has 0 bridgehead atoms. The number of rotatable bonds is 2. The van der Waals surface area contributed by atoms with E-state index >= 15 is 0 Å². The van der Waals surface area contributed by atoms with Crippen molar-refractivity contribution in [1.82, 2.24) is 4.57 Å². The number of hydrogen-bond donors (Lipinski definition) is 1. The van der Waals surface area contributed by atoms with E-state index in [1.54, 1.807) is 0 Å². The Labute approximate surface area is 105 Å². The molecular formula is C15H25NO. The van der Waals surface area contributed by atoms with Gasteiger partial charge in [-0.15, -0.1) is 0 Å². The fourth-order valence-corrected chi connectivity index (χ4v) is 2.47. The monoisotopic (exact) mass is 235 g/mol. The van der Waals surface area contributed by atoms with Gasteiger partial charge in [0.2, 0.25) is 0 Å². The summed E-state index contributed by atoms with van der Waals surface area (Å²) in [5.41, 5.74) is 2.86. The second-order valence-electron chi connectivity index (χ2n) is 6.55. The molecule has 1 aliphatic rings. The highest BCUT2D eigenvalue weighted by Gasteiger charge is 2.24. The Hall–Kier alpha value is -0.760. The van der Waals surface area contributed by atoms with E-state index in [0.717, 1.165) is 31.4 Å². The molecule has 0 spiro atoms. The third-order valence-electron chi connectivity index (χ3n) is 4.31. The Kier molecular flexibility index (Phi) is 3.35. The molecule has 0 aromatic carbocycles. The quantitative estimate of drug-likeness (QED) is 0.833. The Morgan fingerprint density at radius 3 is 2.82 bits per heavy atom. The predicted molar refractivity (Wildman–Crippen MR) is 70.9 cm³/mol. The van der Waals surface area contributed by atoms with Crippen LogP contribution in [0.3, 0.4) is 0 Å². The first-order chi connectivity index (χ1) is 7.89. The maximum Gasteiger partial charge on any atom is 0.0807 e. The molecule has 96 valence electrons. The highest BCUT2D eigenvalue weighted by Crippen LogP contribution is 2.33. The van der Waals surface area contributed by atoms with Gasteiger partial charge in [0.05, 0.1) is 6.10 Å². The van der Waals surface area contributed by atoms with Crippen molar-refractivity contribution >= 4 is 0 Å². The summed E-state index contributed by atoms with van der Waals surface area (Å²) in [4.78, 5) is 0. The van der Waals surface area contributed by atoms with E-state index in [9.17, 15) is 5.11 Å². The number of aliphatic hydroxyl groups excluding tert-OH is 1. The summed E-state index contributed by atoms with van der Waals surface area (Å²) in [6, 6.07) is 2.11. The molecule has 1 aliphatic carbocycles. The van der Waals surface area contributed by atoms with Gasteiger partial charge in [-0.25, -0.2) is 0 Å². The minimum absolute atomic E-state index is 0.232. The molecule has 2 atom stereocenters. The third-order valence-corrected chi connectivity index (χ3v) is 4.31. The van der Waals surface area contributed by atoms with E-state index in [1.807, 2.05) is 0 Å². The summed E-state index contributed by atoms with van der Waals surface area (Å²) in [5.74, 6) is 0.637. The summed E-state index contributed by atoms with van der Waals surface area (Å²) in [5, 5.41) is 9.96. The molecule has 1 aromatic heterocycles. The van der Waals surface area contributed by atoms with E-state index in [2.05, 4.69) is 44.5 Å². The lowest BCUT2D eigenvalue weighted by atomic mass is 9.82. The molecule has 0 radical (unpaired) electrons. The first-order valence-electron chi connectivity index (χ1n) is 6.75. The highest BCUT2D eigenvalue weighted by atomic mass is 16.3. The van der Waals surface area contributed by atoms with Crippen LogP contribution >= 0.6 is 0 Å². The second-order valence-corrected chi connectivity index (χ2v) is 6.55. The Morgan fingerprint density at radius 1 is 1.47 bits per heavy atom. The molecule has 0 saturated carbocycles. The largest absolute Gasteiger partial charge is 0.388 e. The number of aromatic nitrogens is 1. The lowest BCUT2D eigenvalue weighted by molar-refractivity contribution is 0.154. The van der Waals surface area contributed by atoms with Gasteiger partial charge >= 0.3 is 0 Å². The molecule has 1 N–H and O–H groups in total. The SMILES string of the molecule is CC(Cn1ccc2c1CCCC2O)C(C)(C)C. The van der Waals surface area contributed by atoms with Crippen molar-refractivity contribution in [1.29, 1.82) is 0 Å². The first kappa shape index (κ1) is 12.7. The Balaban J connectivity index is 2.18. The molecule has 2 rings (SSSR count). The number of fused-ring (bicyclic) bond motifs is 1. The van der Waals surface area contributed by atoms with Crippen molar-refractivity contribution in [3.63, 3.8) is 0 Å². The standard InChI is InChI=1S/C15H25NO/c1-11(15(2,3)4)10-16-9-8-12-13(16)6-5-7-14(12)17/h8-9,11,14,17H,5-7,10H2,1-4H3. The van der Waals surface area contributed by atoms with Crippen LogP contribution in [0.25, 0.3) is 0 Å². The van der Waals surface area contributed by atoms with Gasteiger partial charge in [0.25, 0.3) is 0 Å². The second kappa shape index (κ2) is 4.49. The predicted octanol–water partition coefficient (Wildman–Crippen LogP) is 3.54. The maximum atomic E-state index is 9.96. The summed E-state index contributed by atoms with van der Waals surface area (Å²) >= 11 is 0. The van der Waals surface area contributed by atoms with Gasteiger partial charge < -0.3 is 9.67 Å². The molecule has 1 aromatic rings. The molecular weight excluding hydrogens is 210 g/mol. The van der Waals surface area contributed by atoms with Crippen LogP contribution < -0.4 is 0 Å². The lowest BCUT2D eigenvalue weighted by Crippen LogP contribution is -2.23. The van der Waals surface area contributed by atoms with Crippen molar-refractivity contribution in [2.24, 2.45) is 11.3 Å². The minimum atomic E-state index is -0.232. The first-order valence-corrected chi connectivity index (χ1v) is 6.75. The summed E-state index contributed by atoms with van der Waals surface area (Å²) in [6.07, 6.45) is 5.08. The van der Waals surface area contributed by atoms with Gasteiger partial charge in [0.1, 0.15) is 0 Å². The van der Waals surface area contributed by atoms with Crippen molar-refractivity contribution in [3.05, 3.63) is 23.5 Å². The number of nitrogens with zero attached hydrogens (tertiary/aromatic N) is 1. The molecule has 0 aliphatic heterocycles. The fourth-order valence-electron chi connectivity index (χ4n) is 2.47. The summed E-state index contributed by atoms with van der Waals surface area (Å²) in [7, 11) is 0. The van der Waals surface area contributed by atoms with Crippen LogP contribution in [0, 0.1) is 11.3 Å². The van der Waals surface area contributed by atoms with Gasteiger partial charge in [-0.3, -0.25) is 0 Å².